The first kappa shape index (κ1) is 15.7. The lowest BCUT2D eigenvalue weighted by atomic mass is 9.92. The summed E-state index contributed by atoms with van der Waals surface area (Å²) in [7, 11) is -3.92. The van der Waals surface area contributed by atoms with Gasteiger partial charge in [0.1, 0.15) is 10.6 Å². The van der Waals surface area contributed by atoms with Gasteiger partial charge in [0.2, 0.25) is 0 Å². The summed E-state index contributed by atoms with van der Waals surface area (Å²) in [6, 6.07) is 9.55. The molecule has 3 nitrogen and oxygen atoms in total. The number of benzene rings is 2. The summed E-state index contributed by atoms with van der Waals surface area (Å²) in [6.07, 6.45) is 4.29. The highest BCUT2D eigenvalue weighted by molar-refractivity contribution is 7.87. The smallest absolute Gasteiger partial charge is 0.339 e. The Bertz CT molecular complexity index is 816. The summed E-state index contributed by atoms with van der Waals surface area (Å²) in [6.45, 7) is 0. The van der Waals surface area contributed by atoms with Gasteiger partial charge in [-0.25, -0.2) is 0 Å². The van der Waals surface area contributed by atoms with Gasteiger partial charge in [-0.3, -0.25) is 0 Å². The number of aryl methyl sites for hydroxylation is 2. The van der Waals surface area contributed by atoms with Crippen LogP contribution < -0.4 is 4.18 Å². The molecule has 3 rings (SSSR count). The standard InChI is InChI=1S/C16H14Cl2O3S/c17-15-8-7-14(10-16(15)18)22(19,20)21-13-6-5-11-3-1-2-4-12(11)9-13/h5-10H,1-4H2. The minimum absolute atomic E-state index is 0.0142. The summed E-state index contributed by atoms with van der Waals surface area (Å²) in [5.74, 6) is 0.326. The van der Waals surface area contributed by atoms with Crippen molar-refractivity contribution in [1.29, 1.82) is 0 Å². The van der Waals surface area contributed by atoms with Crippen LogP contribution in [-0.2, 0) is 23.0 Å². The van der Waals surface area contributed by atoms with E-state index in [0.717, 1.165) is 24.8 Å². The third-order valence-electron chi connectivity index (χ3n) is 3.71. The molecular formula is C16H14Cl2O3S. The number of rotatable bonds is 3. The van der Waals surface area contributed by atoms with Gasteiger partial charge < -0.3 is 4.18 Å². The first-order valence-electron chi connectivity index (χ1n) is 6.97. The first-order valence-corrected chi connectivity index (χ1v) is 9.13. The molecule has 0 saturated carbocycles. The summed E-state index contributed by atoms with van der Waals surface area (Å²) in [5.41, 5.74) is 2.43. The van der Waals surface area contributed by atoms with Crippen molar-refractivity contribution in [2.75, 3.05) is 0 Å². The van der Waals surface area contributed by atoms with E-state index in [1.807, 2.05) is 12.1 Å². The molecule has 1 aliphatic carbocycles. The normalized spacial score (nSPS) is 14.5. The highest BCUT2D eigenvalue weighted by Gasteiger charge is 2.19. The molecule has 2 aromatic carbocycles. The van der Waals surface area contributed by atoms with Crippen molar-refractivity contribution in [3.05, 3.63) is 57.6 Å². The lowest BCUT2D eigenvalue weighted by Crippen LogP contribution is -2.11. The highest BCUT2D eigenvalue weighted by Crippen LogP contribution is 2.29. The molecule has 0 spiro atoms. The van der Waals surface area contributed by atoms with E-state index in [9.17, 15) is 8.42 Å². The van der Waals surface area contributed by atoms with Gasteiger partial charge in [-0.15, -0.1) is 0 Å². The average Bonchev–Trinajstić information content (AvgIpc) is 2.49. The third kappa shape index (κ3) is 3.24. The highest BCUT2D eigenvalue weighted by atomic mass is 35.5. The largest absolute Gasteiger partial charge is 0.379 e. The van der Waals surface area contributed by atoms with Crippen molar-refractivity contribution < 1.29 is 12.6 Å². The molecule has 0 amide bonds. The van der Waals surface area contributed by atoms with Crippen LogP contribution in [-0.4, -0.2) is 8.42 Å². The number of halogens is 2. The monoisotopic (exact) mass is 356 g/mol. The van der Waals surface area contributed by atoms with Gasteiger partial charge in [0.25, 0.3) is 0 Å². The SMILES string of the molecule is O=S(=O)(Oc1ccc2c(c1)CCCC2)c1ccc(Cl)c(Cl)c1. The van der Waals surface area contributed by atoms with Crippen molar-refractivity contribution in [2.24, 2.45) is 0 Å². The Kier molecular flexibility index (Phi) is 4.35. The van der Waals surface area contributed by atoms with Crippen LogP contribution in [0.5, 0.6) is 5.75 Å². The molecule has 0 aliphatic heterocycles. The van der Waals surface area contributed by atoms with E-state index in [1.54, 1.807) is 6.07 Å². The molecule has 6 heteroatoms. The molecule has 0 heterocycles. The van der Waals surface area contributed by atoms with Gasteiger partial charge in [-0.1, -0.05) is 29.3 Å². The molecule has 0 unspecified atom stereocenters. The van der Waals surface area contributed by atoms with Gasteiger partial charge in [0.15, 0.2) is 0 Å². The van der Waals surface area contributed by atoms with E-state index in [-0.39, 0.29) is 9.92 Å². The Labute approximate surface area is 139 Å². The van der Waals surface area contributed by atoms with Gasteiger partial charge in [0.05, 0.1) is 10.0 Å². The van der Waals surface area contributed by atoms with E-state index in [1.165, 1.54) is 30.2 Å². The molecule has 0 N–H and O–H groups in total. The Morgan fingerprint density at radius 2 is 1.59 bits per heavy atom. The van der Waals surface area contributed by atoms with Crippen LogP contribution in [0.3, 0.4) is 0 Å². The minimum atomic E-state index is -3.92. The van der Waals surface area contributed by atoms with Gasteiger partial charge in [0, 0.05) is 0 Å². The maximum atomic E-state index is 12.3. The molecule has 0 fully saturated rings. The van der Waals surface area contributed by atoms with E-state index in [0.29, 0.717) is 10.8 Å². The zero-order valence-electron chi connectivity index (χ0n) is 11.7. The van der Waals surface area contributed by atoms with Crippen molar-refractivity contribution >= 4 is 33.3 Å². The molecule has 0 radical (unpaired) electrons. The van der Waals surface area contributed by atoms with Crippen LogP contribution in [0.4, 0.5) is 0 Å². The Balaban J connectivity index is 1.89. The molecule has 0 bridgehead atoms. The molecule has 0 saturated heterocycles. The van der Waals surface area contributed by atoms with Crippen molar-refractivity contribution in [3.8, 4) is 5.75 Å². The molecule has 0 atom stereocenters. The minimum Gasteiger partial charge on any atom is -0.379 e. The second kappa shape index (κ2) is 6.11. The lowest BCUT2D eigenvalue weighted by molar-refractivity contribution is 0.485. The molecule has 22 heavy (non-hydrogen) atoms. The quantitative estimate of drug-likeness (QED) is 0.752. The molecular weight excluding hydrogens is 343 g/mol. The van der Waals surface area contributed by atoms with Crippen molar-refractivity contribution in [2.45, 2.75) is 30.6 Å². The second-order valence-electron chi connectivity index (χ2n) is 5.25. The van der Waals surface area contributed by atoms with Gasteiger partial charge >= 0.3 is 10.1 Å². The fourth-order valence-electron chi connectivity index (χ4n) is 2.57. The average molecular weight is 357 g/mol. The van der Waals surface area contributed by atoms with Crippen LogP contribution in [0.25, 0.3) is 0 Å². The Hall–Kier alpha value is -1.23. The topological polar surface area (TPSA) is 43.4 Å². The van der Waals surface area contributed by atoms with Crippen molar-refractivity contribution in [3.63, 3.8) is 0 Å². The summed E-state index contributed by atoms with van der Waals surface area (Å²) in [4.78, 5) is -0.0142. The van der Waals surface area contributed by atoms with E-state index >= 15 is 0 Å². The zero-order chi connectivity index (χ0) is 15.7. The second-order valence-corrected chi connectivity index (χ2v) is 7.61. The third-order valence-corrected chi connectivity index (χ3v) is 5.69. The zero-order valence-corrected chi connectivity index (χ0v) is 14.0. The first-order chi connectivity index (χ1) is 10.5. The lowest BCUT2D eigenvalue weighted by Gasteiger charge is -2.16. The fourth-order valence-corrected chi connectivity index (χ4v) is 3.88. The van der Waals surface area contributed by atoms with Crippen LogP contribution in [0, 0.1) is 0 Å². The van der Waals surface area contributed by atoms with E-state index < -0.39 is 10.1 Å². The Morgan fingerprint density at radius 3 is 2.32 bits per heavy atom. The van der Waals surface area contributed by atoms with Crippen LogP contribution in [0.1, 0.15) is 24.0 Å². The maximum Gasteiger partial charge on any atom is 0.339 e. The summed E-state index contributed by atoms with van der Waals surface area (Å²) < 4.78 is 29.8. The van der Waals surface area contributed by atoms with E-state index in [2.05, 4.69) is 0 Å². The fraction of sp³-hybridized carbons (Fsp3) is 0.250. The molecule has 116 valence electrons. The summed E-state index contributed by atoms with van der Waals surface area (Å²) >= 11 is 11.7. The van der Waals surface area contributed by atoms with E-state index in [4.69, 9.17) is 27.4 Å². The maximum absolute atomic E-state index is 12.3. The molecule has 2 aromatic rings. The van der Waals surface area contributed by atoms with Gasteiger partial charge in [-0.2, -0.15) is 8.42 Å². The number of hydrogen-bond acceptors (Lipinski definition) is 3. The number of fused-ring (bicyclic) bond motifs is 1. The van der Waals surface area contributed by atoms with Crippen molar-refractivity contribution in [1.82, 2.24) is 0 Å². The predicted octanol–water partition coefficient (Wildman–Crippen LogP) is 4.64. The van der Waals surface area contributed by atoms with Gasteiger partial charge in [-0.05, 0) is 67.1 Å². The molecule has 0 aromatic heterocycles. The Morgan fingerprint density at radius 1 is 0.864 bits per heavy atom. The van der Waals surface area contributed by atoms with Crippen LogP contribution in [0.15, 0.2) is 41.3 Å². The van der Waals surface area contributed by atoms with Crippen LogP contribution in [0.2, 0.25) is 10.0 Å². The predicted molar refractivity (Wildman–Crippen MR) is 87.4 cm³/mol. The number of hydrogen-bond donors (Lipinski definition) is 0. The summed E-state index contributed by atoms with van der Waals surface area (Å²) in [5, 5.41) is 0.478. The molecule has 1 aliphatic rings. The van der Waals surface area contributed by atoms with Crippen LogP contribution >= 0.6 is 23.2 Å².